The van der Waals surface area contributed by atoms with Gasteiger partial charge in [-0.3, -0.25) is 0 Å². The predicted molar refractivity (Wildman–Crippen MR) is 84.1 cm³/mol. The number of hydrogen-bond acceptors (Lipinski definition) is 2. The Morgan fingerprint density at radius 3 is 2.35 bits per heavy atom. The summed E-state index contributed by atoms with van der Waals surface area (Å²) in [6.45, 7) is 1.48. The molecule has 0 bridgehead atoms. The first-order chi connectivity index (χ1) is 9.90. The molecular weight excluding hydrogens is 246 g/mol. The molecule has 0 saturated carbocycles. The number of unbranched alkanes of at least 4 members (excludes halogenated alkanes) is 1. The van der Waals surface area contributed by atoms with Gasteiger partial charge in [-0.25, -0.2) is 0 Å². The second kappa shape index (κ2) is 8.39. The molecule has 0 spiro atoms. The Kier molecular flexibility index (Phi) is 6.12. The third kappa shape index (κ3) is 4.71. The van der Waals surface area contributed by atoms with Crippen molar-refractivity contribution in [3.63, 3.8) is 0 Å². The fourth-order valence-electron chi connectivity index (χ4n) is 2.20. The molecule has 0 aromatic heterocycles. The molecule has 0 aliphatic heterocycles. The molecule has 2 nitrogen and oxygen atoms in total. The molecule has 2 rings (SSSR count). The smallest absolute Gasteiger partial charge is 0.122 e. The lowest BCUT2D eigenvalue weighted by molar-refractivity contribution is 0.305. The van der Waals surface area contributed by atoms with Crippen molar-refractivity contribution in [2.24, 2.45) is 5.73 Å². The highest BCUT2D eigenvalue weighted by atomic mass is 16.5. The maximum absolute atomic E-state index is 5.87. The summed E-state index contributed by atoms with van der Waals surface area (Å²) in [5.41, 5.74) is 8.14. The average Bonchev–Trinajstić information content (AvgIpc) is 2.51. The van der Waals surface area contributed by atoms with Gasteiger partial charge in [0, 0.05) is 0 Å². The molecule has 0 saturated heterocycles. The molecule has 0 unspecified atom stereocenters. The molecule has 0 radical (unpaired) electrons. The van der Waals surface area contributed by atoms with E-state index < -0.39 is 0 Å². The first kappa shape index (κ1) is 14.6. The summed E-state index contributed by atoms with van der Waals surface area (Å²) < 4.78 is 5.87. The maximum atomic E-state index is 5.87. The van der Waals surface area contributed by atoms with Crippen LogP contribution in [0.4, 0.5) is 0 Å². The fourth-order valence-corrected chi connectivity index (χ4v) is 2.20. The molecule has 106 valence electrons. The summed E-state index contributed by atoms with van der Waals surface area (Å²) in [5.74, 6) is 1.01. The predicted octanol–water partition coefficient (Wildman–Crippen LogP) is 3.59. The van der Waals surface area contributed by atoms with Crippen molar-refractivity contribution in [1.29, 1.82) is 0 Å². The van der Waals surface area contributed by atoms with E-state index in [-0.39, 0.29) is 0 Å². The minimum Gasteiger partial charge on any atom is -0.493 e. The maximum Gasteiger partial charge on any atom is 0.122 e. The fraction of sp³-hybridized carbons (Fsp3) is 0.333. The molecule has 2 N–H and O–H groups in total. The highest BCUT2D eigenvalue weighted by Crippen LogP contribution is 2.20. The van der Waals surface area contributed by atoms with Crippen LogP contribution in [-0.4, -0.2) is 13.2 Å². The second-order valence-corrected chi connectivity index (χ2v) is 4.94. The Balaban J connectivity index is 1.90. The van der Waals surface area contributed by atoms with Crippen molar-refractivity contribution in [3.8, 4) is 5.75 Å². The zero-order valence-electron chi connectivity index (χ0n) is 11.9. The van der Waals surface area contributed by atoms with E-state index in [4.69, 9.17) is 10.5 Å². The van der Waals surface area contributed by atoms with E-state index in [1.807, 2.05) is 6.07 Å². The zero-order valence-corrected chi connectivity index (χ0v) is 11.9. The SMILES string of the molecule is NCCCCOc1ccccc1CCc1ccccc1. The molecule has 0 aliphatic carbocycles. The van der Waals surface area contributed by atoms with Crippen LogP contribution in [0.15, 0.2) is 54.6 Å². The third-order valence-corrected chi connectivity index (χ3v) is 3.35. The highest BCUT2D eigenvalue weighted by molar-refractivity contribution is 5.34. The van der Waals surface area contributed by atoms with Gasteiger partial charge in [-0.1, -0.05) is 48.5 Å². The van der Waals surface area contributed by atoms with Crippen molar-refractivity contribution in [2.75, 3.05) is 13.2 Å². The van der Waals surface area contributed by atoms with E-state index in [2.05, 4.69) is 48.5 Å². The zero-order chi connectivity index (χ0) is 14.0. The van der Waals surface area contributed by atoms with Gasteiger partial charge in [0.05, 0.1) is 6.61 Å². The Morgan fingerprint density at radius 2 is 1.55 bits per heavy atom. The van der Waals surface area contributed by atoms with Crippen molar-refractivity contribution in [2.45, 2.75) is 25.7 Å². The van der Waals surface area contributed by atoms with Crippen molar-refractivity contribution in [3.05, 3.63) is 65.7 Å². The van der Waals surface area contributed by atoms with Crippen LogP contribution in [0.3, 0.4) is 0 Å². The van der Waals surface area contributed by atoms with E-state index in [9.17, 15) is 0 Å². The minimum absolute atomic E-state index is 0.735. The van der Waals surface area contributed by atoms with Gasteiger partial charge in [0.15, 0.2) is 0 Å². The van der Waals surface area contributed by atoms with Gasteiger partial charge in [-0.15, -0.1) is 0 Å². The van der Waals surface area contributed by atoms with Crippen LogP contribution >= 0.6 is 0 Å². The van der Waals surface area contributed by atoms with Gasteiger partial charge in [0.1, 0.15) is 5.75 Å². The van der Waals surface area contributed by atoms with E-state index in [1.165, 1.54) is 11.1 Å². The summed E-state index contributed by atoms with van der Waals surface area (Å²) in [7, 11) is 0. The normalized spacial score (nSPS) is 10.4. The summed E-state index contributed by atoms with van der Waals surface area (Å²) >= 11 is 0. The standard InChI is InChI=1S/C18H23NO/c19-14-6-7-15-20-18-11-5-4-10-17(18)13-12-16-8-2-1-3-9-16/h1-5,8-11H,6-7,12-15,19H2. The largest absolute Gasteiger partial charge is 0.493 e. The number of para-hydroxylation sites is 1. The van der Waals surface area contributed by atoms with Crippen LogP contribution in [-0.2, 0) is 12.8 Å². The van der Waals surface area contributed by atoms with Crippen LogP contribution in [0.25, 0.3) is 0 Å². The third-order valence-electron chi connectivity index (χ3n) is 3.35. The van der Waals surface area contributed by atoms with Crippen molar-refractivity contribution >= 4 is 0 Å². The van der Waals surface area contributed by atoms with Gasteiger partial charge < -0.3 is 10.5 Å². The number of aryl methyl sites for hydroxylation is 2. The highest BCUT2D eigenvalue weighted by Gasteiger charge is 2.03. The van der Waals surface area contributed by atoms with Gasteiger partial charge in [0.25, 0.3) is 0 Å². The summed E-state index contributed by atoms with van der Waals surface area (Å²) in [6, 6.07) is 18.9. The van der Waals surface area contributed by atoms with Crippen molar-refractivity contribution in [1.82, 2.24) is 0 Å². The van der Waals surface area contributed by atoms with E-state index >= 15 is 0 Å². The number of hydrogen-bond donors (Lipinski definition) is 1. The minimum atomic E-state index is 0.735. The molecule has 0 heterocycles. The quantitative estimate of drug-likeness (QED) is 0.743. The van der Waals surface area contributed by atoms with E-state index in [1.54, 1.807) is 0 Å². The molecule has 0 amide bonds. The van der Waals surface area contributed by atoms with E-state index in [0.29, 0.717) is 0 Å². The first-order valence-corrected chi connectivity index (χ1v) is 7.35. The summed E-state index contributed by atoms with van der Waals surface area (Å²) in [5, 5.41) is 0. The molecule has 0 fully saturated rings. The number of ether oxygens (including phenoxy) is 1. The first-order valence-electron chi connectivity index (χ1n) is 7.35. The Bertz CT molecular complexity index is 496. The summed E-state index contributed by atoms with van der Waals surface area (Å²) in [6.07, 6.45) is 4.09. The number of benzene rings is 2. The summed E-state index contributed by atoms with van der Waals surface area (Å²) in [4.78, 5) is 0. The second-order valence-electron chi connectivity index (χ2n) is 4.94. The molecule has 2 aromatic carbocycles. The van der Waals surface area contributed by atoms with E-state index in [0.717, 1.165) is 44.6 Å². The lowest BCUT2D eigenvalue weighted by Crippen LogP contribution is -2.05. The Labute approximate surface area is 121 Å². The lowest BCUT2D eigenvalue weighted by atomic mass is 10.0. The van der Waals surface area contributed by atoms with Crippen molar-refractivity contribution < 1.29 is 4.74 Å². The Morgan fingerprint density at radius 1 is 0.800 bits per heavy atom. The van der Waals surface area contributed by atoms with Gasteiger partial charge in [0.2, 0.25) is 0 Å². The molecular formula is C18H23NO. The van der Waals surface area contributed by atoms with Crippen LogP contribution in [0, 0.1) is 0 Å². The van der Waals surface area contributed by atoms with Crippen LogP contribution in [0.5, 0.6) is 5.75 Å². The molecule has 0 atom stereocenters. The molecule has 2 aromatic rings. The van der Waals surface area contributed by atoms with Gasteiger partial charge in [-0.05, 0) is 49.4 Å². The number of rotatable bonds is 8. The molecule has 2 heteroatoms. The van der Waals surface area contributed by atoms with Crippen LogP contribution < -0.4 is 10.5 Å². The van der Waals surface area contributed by atoms with Gasteiger partial charge in [-0.2, -0.15) is 0 Å². The topological polar surface area (TPSA) is 35.2 Å². The van der Waals surface area contributed by atoms with Crippen LogP contribution in [0.2, 0.25) is 0 Å². The van der Waals surface area contributed by atoms with Gasteiger partial charge >= 0.3 is 0 Å². The average molecular weight is 269 g/mol. The Hall–Kier alpha value is -1.80. The lowest BCUT2D eigenvalue weighted by Gasteiger charge is -2.11. The number of nitrogens with two attached hydrogens (primary N) is 1. The monoisotopic (exact) mass is 269 g/mol. The van der Waals surface area contributed by atoms with Crippen LogP contribution in [0.1, 0.15) is 24.0 Å². The molecule has 20 heavy (non-hydrogen) atoms. The molecule has 0 aliphatic rings.